The molecule has 152 valence electrons. The fraction of sp³-hybridized carbons (Fsp3) is 0.571. The highest BCUT2D eigenvalue weighted by molar-refractivity contribution is 6.30. The maximum atomic E-state index is 12.6. The lowest BCUT2D eigenvalue weighted by molar-refractivity contribution is -0.134. The minimum Gasteiger partial charge on any atom is -0.340 e. The number of amides is 1. The van der Waals surface area contributed by atoms with Crippen LogP contribution in [0.4, 0.5) is 0 Å². The largest absolute Gasteiger partial charge is 0.340 e. The fourth-order valence-electron chi connectivity index (χ4n) is 3.08. The topological polar surface area (TPSA) is 62.5 Å². The van der Waals surface area contributed by atoms with Gasteiger partial charge in [0.15, 0.2) is 0 Å². The smallest absolute Gasteiger partial charge is 0.241 e. The van der Waals surface area contributed by atoms with Crippen molar-refractivity contribution in [1.29, 1.82) is 0 Å². The predicted molar refractivity (Wildman–Crippen MR) is 110 cm³/mol. The van der Waals surface area contributed by atoms with Gasteiger partial charge < -0.3 is 9.42 Å². The summed E-state index contributed by atoms with van der Waals surface area (Å²) in [5.74, 6) is 1.77. The van der Waals surface area contributed by atoms with E-state index in [0.717, 1.165) is 31.7 Å². The van der Waals surface area contributed by atoms with Crippen LogP contribution < -0.4 is 0 Å². The van der Waals surface area contributed by atoms with Crippen molar-refractivity contribution in [2.45, 2.75) is 40.7 Å². The van der Waals surface area contributed by atoms with E-state index in [2.05, 4.69) is 42.7 Å². The number of halogens is 1. The molecule has 1 aliphatic heterocycles. The maximum absolute atomic E-state index is 12.6. The lowest BCUT2D eigenvalue weighted by atomic mass is 9.80. The normalized spacial score (nSPS) is 17.0. The van der Waals surface area contributed by atoms with Crippen LogP contribution in [0.3, 0.4) is 0 Å². The summed E-state index contributed by atoms with van der Waals surface area (Å²) >= 11 is 5.92. The van der Waals surface area contributed by atoms with Crippen molar-refractivity contribution in [3.05, 3.63) is 35.2 Å². The summed E-state index contributed by atoms with van der Waals surface area (Å²) in [4.78, 5) is 21.3. The van der Waals surface area contributed by atoms with E-state index in [0.29, 0.717) is 35.6 Å². The van der Waals surface area contributed by atoms with E-state index in [1.807, 2.05) is 29.2 Å². The molecule has 0 spiro atoms. The number of nitrogens with zero attached hydrogens (tertiary/aromatic N) is 4. The Morgan fingerprint density at radius 3 is 2.43 bits per heavy atom. The molecule has 0 aliphatic carbocycles. The van der Waals surface area contributed by atoms with Crippen LogP contribution >= 0.6 is 11.6 Å². The van der Waals surface area contributed by atoms with E-state index in [1.165, 1.54) is 0 Å². The monoisotopic (exact) mass is 404 g/mol. The van der Waals surface area contributed by atoms with Crippen molar-refractivity contribution in [2.24, 2.45) is 11.3 Å². The lowest BCUT2D eigenvalue weighted by Gasteiger charge is -2.35. The molecule has 2 aromatic rings. The molecule has 1 fully saturated rings. The van der Waals surface area contributed by atoms with Crippen LogP contribution in [0.5, 0.6) is 0 Å². The van der Waals surface area contributed by atoms with E-state index in [9.17, 15) is 4.79 Å². The zero-order chi connectivity index (χ0) is 20.3. The third-order valence-electron chi connectivity index (χ3n) is 5.61. The predicted octanol–water partition coefficient (Wildman–Crippen LogP) is 4.11. The third kappa shape index (κ3) is 5.32. The second-order valence-electron chi connectivity index (χ2n) is 8.65. The van der Waals surface area contributed by atoms with Gasteiger partial charge in [0.2, 0.25) is 17.6 Å². The molecular formula is C21H29ClN4O2. The Hall–Kier alpha value is -1.92. The minimum atomic E-state index is 0.150. The minimum absolute atomic E-state index is 0.150. The van der Waals surface area contributed by atoms with Crippen molar-refractivity contribution < 1.29 is 9.32 Å². The number of piperazine rings is 1. The Labute approximate surface area is 171 Å². The standard InChI is InChI=1S/C21H29ClN4O2/c1-15(21(2,3)4)13-19(27)26-11-9-25(10-12-26)14-18-23-20(24-28-18)16-5-7-17(22)8-6-16/h5-8,15H,9-14H2,1-4H3. The molecular weight excluding hydrogens is 376 g/mol. The van der Waals surface area contributed by atoms with Crippen molar-refractivity contribution >= 4 is 17.5 Å². The van der Waals surface area contributed by atoms with Crippen molar-refractivity contribution in [3.8, 4) is 11.4 Å². The van der Waals surface area contributed by atoms with Crippen molar-refractivity contribution in [1.82, 2.24) is 19.9 Å². The highest BCUT2D eigenvalue weighted by atomic mass is 35.5. The van der Waals surface area contributed by atoms with Crippen LogP contribution in [-0.4, -0.2) is 52.0 Å². The molecule has 1 atom stereocenters. The molecule has 0 saturated carbocycles. The average molecular weight is 405 g/mol. The van der Waals surface area contributed by atoms with Crippen LogP contribution in [0.2, 0.25) is 5.02 Å². The third-order valence-corrected chi connectivity index (χ3v) is 5.87. The maximum Gasteiger partial charge on any atom is 0.241 e. The first-order valence-corrected chi connectivity index (χ1v) is 10.2. The van der Waals surface area contributed by atoms with Gasteiger partial charge in [-0.15, -0.1) is 0 Å². The summed E-state index contributed by atoms with van der Waals surface area (Å²) in [5, 5.41) is 4.74. The number of carbonyl (C=O) groups excluding carboxylic acids is 1. The van der Waals surface area contributed by atoms with E-state index in [4.69, 9.17) is 16.1 Å². The first-order valence-electron chi connectivity index (χ1n) is 9.81. The van der Waals surface area contributed by atoms with Crippen LogP contribution in [0.1, 0.15) is 40.0 Å². The molecule has 7 heteroatoms. The first kappa shape index (κ1) is 20.8. The lowest BCUT2D eigenvalue weighted by Crippen LogP contribution is -2.48. The zero-order valence-electron chi connectivity index (χ0n) is 17.1. The second-order valence-corrected chi connectivity index (χ2v) is 9.08. The van der Waals surface area contributed by atoms with Gasteiger partial charge in [-0.05, 0) is 35.6 Å². The number of aromatic nitrogens is 2. The molecule has 28 heavy (non-hydrogen) atoms. The average Bonchev–Trinajstić information content (AvgIpc) is 3.10. The highest BCUT2D eigenvalue weighted by Gasteiger charge is 2.27. The Morgan fingerprint density at radius 2 is 1.82 bits per heavy atom. The molecule has 0 radical (unpaired) electrons. The van der Waals surface area contributed by atoms with Crippen LogP contribution in [-0.2, 0) is 11.3 Å². The van der Waals surface area contributed by atoms with E-state index < -0.39 is 0 Å². The molecule has 1 aliphatic rings. The quantitative estimate of drug-likeness (QED) is 0.750. The summed E-state index contributed by atoms with van der Waals surface area (Å²) in [6.07, 6.45) is 0.609. The number of carbonyl (C=O) groups is 1. The van der Waals surface area contributed by atoms with Crippen LogP contribution in [0.25, 0.3) is 11.4 Å². The number of hydrogen-bond donors (Lipinski definition) is 0. The number of hydrogen-bond acceptors (Lipinski definition) is 5. The molecule has 1 unspecified atom stereocenters. The Bertz CT molecular complexity index is 789. The van der Waals surface area contributed by atoms with Gasteiger partial charge in [-0.3, -0.25) is 9.69 Å². The zero-order valence-corrected chi connectivity index (χ0v) is 17.9. The summed E-state index contributed by atoms with van der Waals surface area (Å²) in [5.41, 5.74) is 1.03. The molecule has 1 saturated heterocycles. The highest BCUT2D eigenvalue weighted by Crippen LogP contribution is 2.28. The van der Waals surface area contributed by atoms with Crippen LogP contribution in [0, 0.1) is 11.3 Å². The van der Waals surface area contributed by atoms with Gasteiger partial charge in [-0.25, -0.2) is 0 Å². The Kier molecular flexibility index (Phi) is 6.40. The summed E-state index contributed by atoms with van der Waals surface area (Å²) in [7, 11) is 0. The summed E-state index contributed by atoms with van der Waals surface area (Å²) in [6, 6.07) is 7.37. The van der Waals surface area contributed by atoms with E-state index in [1.54, 1.807) is 0 Å². The second kappa shape index (κ2) is 8.62. The van der Waals surface area contributed by atoms with Crippen molar-refractivity contribution in [2.75, 3.05) is 26.2 Å². The Balaban J connectivity index is 1.49. The number of rotatable bonds is 5. The van der Waals surface area contributed by atoms with Gasteiger partial charge in [-0.2, -0.15) is 4.98 Å². The Morgan fingerprint density at radius 1 is 1.18 bits per heavy atom. The van der Waals surface area contributed by atoms with Gasteiger partial charge in [0, 0.05) is 43.2 Å². The fourth-order valence-corrected chi connectivity index (χ4v) is 3.21. The molecule has 3 rings (SSSR count). The number of benzene rings is 1. The summed E-state index contributed by atoms with van der Waals surface area (Å²) < 4.78 is 5.40. The summed E-state index contributed by atoms with van der Waals surface area (Å²) in [6.45, 7) is 12.4. The van der Waals surface area contributed by atoms with Crippen LogP contribution in [0.15, 0.2) is 28.8 Å². The van der Waals surface area contributed by atoms with E-state index >= 15 is 0 Å². The van der Waals surface area contributed by atoms with Gasteiger partial charge in [0.1, 0.15) is 0 Å². The molecule has 0 bridgehead atoms. The van der Waals surface area contributed by atoms with Gasteiger partial charge >= 0.3 is 0 Å². The molecule has 6 nitrogen and oxygen atoms in total. The molecule has 2 heterocycles. The SMILES string of the molecule is CC(CC(=O)N1CCN(Cc2nc(-c3ccc(Cl)cc3)no2)CC1)C(C)(C)C. The molecule has 1 amide bonds. The van der Waals surface area contributed by atoms with Crippen molar-refractivity contribution in [3.63, 3.8) is 0 Å². The van der Waals surface area contributed by atoms with Gasteiger partial charge in [0.25, 0.3) is 0 Å². The first-order chi connectivity index (χ1) is 13.2. The van der Waals surface area contributed by atoms with E-state index in [-0.39, 0.29) is 11.3 Å². The van der Waals surface area contributed by atoms with Gasteiger partial charge in [-0.1, -0.05) is 44.5 Å². The molecule has 0 N–H and O–H groups in total. The molecule has 1 aromatic heterocycles. The molecule has 1 aromatic carbocycles. The van der Waals surface area contributed by atoms with Gasteiger partial charge in [0.05, 0.1) is 6.54 Å².